The van der Waals surface area contributed by atoms with Crippen LogP contribution in [0, 0.1) is 0 Å². The molecule has 0 spiro atoms. The van der Waals surface area contributed by atoms with Gasteiger partial charge in [0.2, 0.25) is 5.76 Å². The van der Waals surface area contributed by atoms with Crippen molar-refractivity contribution in [3.63, 3.8) is 0 Å². The van der Waals surface area contributed by atoms with Crippen molar-refractivity contribution in [1.29, 1.82) is 0 Å². The van der Waals surface area contributed by atoms with E-state index in [4.69, 9.17) is 14.3 Å². The van der Waals surface area contributed by atoms with Crippen LogP contribution in [0.5, 0.6) is 0 Å². The fraction of sp³-hybridized carbons (Fsp3) is 0.308. The van der Waals surface area contributed by atoms with Crippen molar-refractivity contribution in [2.45, 2.75) is 0 Å². The van der Waals surface area contributed by atoms with Crippen LogP contribution in [0.15, 0.2) is 28.7 Å². The van der Waals surface area contributed by atoms with E-state index in [9.17, 15) is 4.79 Å². The number of likely N-dealkylation sites (N-methyl/N-ethyl adjacent to an activating group) is 1. The van der Waals surface area contributed by atoms with Gasteiger partial charge in [-0.2, -0.15) is 0 Å². The van der Waals surface area contributed by atoms with Gasteiger partial charge < -0.3 is 19.2 Å². The lowest BCUT2D eigenvalue weighted by atomic mass is 10.2. The first kappa shape index (κ1) is 12.4. The number of benzene rings is 1. The van der Waals surface area contributed by atoms with Crippen LogP contribution >= 0.6 is 0 Å². The minimum absolute atomic E-state index is 0.0401. The van der Waals surface area contributed by atoms with E-state index in [-0.39, 0.29) is 5.76 Å². The van der Waals surface area contributed by atoms with E-state index in [0.717, 1.165) is 17.6 Å². The molecule has 5 heteroatoms. The molecule has 1 aromatic heterocycles. The lowest BCUT2D eigenvalue weighted by molar-refractivity contribution is 0.0665. The highest BCUT2D eigenvalue weighted by atomic mass is 16.5. The molecule has 0 aliphatic carbocycles. The Bertz CT molecular complexity index is 561. The molecule has 0 fully saturated rings. The largest absolute Gasteiger partial charge is 0.475 e. The summed E-state index contributed by atoms with van der Waals surface area (Å²) >= 11 is 0. The SMILES string of the molecule is COCCN(C)c1ccc2cc(C(=O)O)oc2c1. The fourth-order valence-corrected chi connectivity index (χ4v) is 1.72. The van der Waals surface area contributed by atoms with E-state index >= 15 is 0 Å². The van der Waals surface area contributed by atoms with Crippen LogP contribution < -0.4 is 4.90 Å². The number of carboxylic acids is 1. The maximum Gasteiger partial charge on any atom is 0.371 e. The van der Waals surface area contributed by atoms with Crippen molar-refractivity contribution in [2.24, 2.45) is 0 Å². The predicted molar refractivity (Wildman–Crippen MR) is 68.3 cm³/mol. The Morgan fingerprint density at radius 1 is 1.44 bits per heavy atom. The number of carbonyl (C=O) groups is 1. The number of hydrogen-bond acceptors (Lipinski definition) is 4. The van der Waals surface area contributed by atoms with E-state index in [2.05, 4.69) is 0 Å². The molecule has 0 bridgehead atoms. The number of anilines is 1. The quantitative estimate of drug-likeness (QED) is 0.880. The molecule has 0 amide bonds. The normalized spacial score (nSPS) is 10.8. The Balaban J connectivity index is 2.29. The number of ether oxygens (including phenoxy) is 1. The molecule has 2 aromatic rings. The van der Waals surface area contributed by atoms with Gasteiger partial charge in [-0.25, -0.2) is 4.79 Å². The topological polar surface area (TPSA) is 62.9 Å². The Kier molecular flexibility index (Phi) is 3.53. The summed E-state index contributed by atoms with van der Waals surface area (Å²) in [4.78, 5) is 12.8. The van der Waals surface area contributed by atoms with E-state index in [1.54, 1.807) is 7.11 Å². The highest BCUT2D eigenvalue weighted by molar-refractivity contribution is 5.92. The zero-order valence-electron chi connectivity index (χ0n) is 10.3. The summed E-state index contributed by atoms with van der Waals surface area (Å²) < 4.78 is 10.3. The number of carboxylic acid groups (broad SMARTS) is 1. The van der Waals surface area contributed by atoms with Crippen molar-refractivity contribution in [3.05, 3.63) is 30.0 Å². The zero-order valence-corrected chi connectivity index (χ0v) is 10.3. The average molecular weight is 249 g/mol. The van der Waals surface area contributed by atoms with Crippen LogP contribution in [0.3, 0.4) is 0 Å². The minimum atomic E-state index is -1.06. The molecule has 18 heavy (non-hydrogen) atoms. The molecule has 0 saturated carbocycles. The summed E-state index contributed by atoms with van der Waals surface area (Å²) in [5.74, 6) is -1.10. The summed E-state index contributed by atoms with van der Waals surface area (Å²) in [6, 6.07) is 7.14. The maximum absolute atomic E-state index is 10.8. The predicted octanol–water partition coefficient (Wildman–Crippen LogP) is 2.21. The van der Waals surface area contributed by atoms with Crippen LogP contribution in [0.1, 0.15) is 10.6 Å². The van der Waals surface area contributed by atoms with E-state index in [1.165, 1.54) is 6.07 Å². The van der Waals surface area contributed by atoms with Gasteiger partial charge in [-0.1, -0.05) is 0 Å². The monoisotopic (exact) mass is 249 g/mol. The number of nitrogens with zero attached hydrogens (tertiary/aromatic N) is 1. The van der Waals surface area contributed by atoms with E-state index in [0.29, 0.717) is 12.2 Å². The second-order valence-corrected chi connectivity index (χ2v) is 4.05. The van der Waals surface area contributed by atoms with Crippen molar-refractivity contribution in [3.8, 4) is 0 Å². The molecule has 0 aliphatic rings. The standard InChI is InChI=1S/C13H15NO4/c1-14(5-6-17-2)10-4-3-9-7-12(13(15)16)18-11(9)8-10/h3-4,7-8H,5-6H2,1-2H3,(H,15,16). The number of methoxy groups -OCH3 is 1. The van der Waals surface area contributed by atoms with E-state index < -0.39 is 5.97 Å². The zero-order chi connectivity index (χ0) is 13.1. The highest BCUT2D eigenvalue weighted by Gasteiger charge is 2.11. The van der Waals surface area contributed by atoms with Gasteiger partial charge in [-0.05, 0) is 18.2 Å². The van der Waals surface area contributed by atoms with Crippen molar-refractivity contribution >= 4 is 22.6 Å². The third-order valence-electron chi connectivity index (χ3n) is 2.79. The Morgan fingerprint density at radius 2 is 2.22 bits per heavy atom. The smallest absolute Gasteiger partial charge is 0.371 e. The first-order chi connectivity index (χ1) is 8.61. The molecule has 1 N–H and O–H groups in total. The lowest BCUT2D eigenvalue weighted by Gasteiger charge is -2.18. The van der Waals surface area contributed by atoms with Crippen molar-refractivity contribution in [2.75, 3.05) is 32.2 Å². The van der Waals surface area contributed by atoms with E-state index in [1.807, 2.05) is 30.1 Å². The molecule has 96 valence electrons. The van der Waals surface area contributed by atoms with Gasteiger partial charge >= 0.3 is 5.97 Å². The Morgan fingerprint density at radius 3 is 2.89 bits per heavy atom. The summed E-state index contributed by atoms with van der Waals surface area (Å²) in [5.41, 5.74) is 1.54. The number of furan rings is 1. The van der Waals surface area contributed by atoms with Crippen molar-refractivity contribution in [1.82, 2.24) is 0 Å². The summed E-state index contributed by atoms with van der Waals surface area (Å²) in [7, 11) is 3.60. The summed E-state index contributed by atoms with van der Waals surface area (Å²) in [5, 5.41) is 9.65. The third-order valence-corrected chi connectivity index (χ3v) is 2.79. The van der Waals surface area contributed by atoms with Crippen molar-refractivity contribution < 1.29 is 19.1 Å². The number of rotatable bonds is 5. The molecule has 1 aromatic carbocycles. The second-order valence-electron chi connectivity index (χ2n) is 4.05. The molecule has 0 saturated heterocycles. The highest BCUT2D eigenvalue weighted by Crippen LogP contribution is 2.24. The van der Waals surface area contributed by atoms with Crippen LogP contribution in [-0.4, -0.2) is 38.4 Å². The number of aromatic carboxylic acids is 1. The molecular formula is C13H15NO4. The molecule has 0 aliphatic heterocycles. The molecule has 0 atom stereocenters. The van der Waals surface area contributed by atoms with Gasteiger partial charge in [-0.3, -0.25) is 0 Å². The minimum Gasteiger partial charge on any atom is -0.475 e. The van der Waals surface area contributed by atoms with Gasteiger partial charge in [0.25, 0.3) is 0 Å². The molecule has 2 rings (SSSR count). The average Bonchev–Trinajstić information content (AvgIpc) is 2.78. The Labute approximate surface area is 105 Å². The van der Waals surface area contributed by atoms with Gasteiger partial charge in [0.15, 0.2) is 0 Å². The molecular weight excluding hydrogens is 234 g/mol. The summed E-state index contributed by atoms with van der Waals surface area (Å²) in [6.07, 6.45) is 0. The van der Waals surface area contributed by atoms with Gasteiger partial charge in [-0.15, -0.1) is 0 Å². The first-order valence-corrected chi connectivity index (χ1v) is 5.59. The van der Waals surface area contributed by atoms with Crippen LogP contribution in [0.4, 0.5) is 5.69 Å². The molecule has 1 heterocycles. The first-order valence-electron chi connectivity index (χ1n) is 5.59. The number of hydrogen-bond donors (Lipinski definition) is 1. The van der Waals surface area contributed by atoms with Gasteiger partial charge in [0, 0.05) is 37.8 Å². The van der Waals surface area contributed by atoms with Crippen LogP contribution in [0.2, 0.25) is 0 Å². The lowest BCUT2D eigenvalue weighted by Crippen LogP contribution is -2.21. The molecule has 5 nitrogen and oxygen atoms in total. The van der Waals surface area contributed by atoms with Gasteiger partial charge in [0.05, 0.1) is 6.61 Å². The molecule has 0 unspecified atom stereocenters. The van der Waals surface area contributed by atoms with Crippen LogP contribution in [-0.2, 0) is 4.74 Å². The third kappa shape index (κ3) is 2.46. The maximum atomic E-state index is 10.8. The molecule has 0 radical (unpaired) electrons. The fourth-order valence-electron chi connectivity index (χ4n) is 1.72. The van der Waals surface area contributed by atoms with Gasteiger partial charge in [0.1, 0.15) is 5.58 Å². The number of fused-ring (bicyclic) bond motifs is 1. The second kappa shape index (κ2) is 5.10. The van der Waals surface area contributed by atoms with Crippen LogP contribution in [0.25, 0.3) is 11.0 Å². The Hall–Kier alpha value is -2.01. The summed E-state index contributed by atoms with van der Waals surface area (Å²) in [6.45, 7) is 1.39.